The van der Waals surface area contributed by atoms with Crippen molar-refractivity contribution >= 4 is 109 Å². The number of hydrogen-bond acceptors (Lipinski definition) is 3. The topological polar surface area (TPSA) is 18.5 Å². The fraction of sp³-hybridized carbons (Fsp3) is 0.120. The highest BCUT2D eigenvalue weighted by atomic mass is 79.9. The molecular weight excluding hydrogens is 1260 g/mol. The molecule has 0 aromatic heterocycles. The lowest BCUT2D eigenvalue weighted by Gasteiger charge is -2.31. The van der Waals surface area contributed by atoms with Crippen molar-refractivity contribution in [2.45, 2.75) is 57.8 Å². The van der Waals surface area contributed by atoms with Gasteiger partial charge in [0.15, 0.2) is 0 Å². The molecule has 0 bridgehead atoms. The molecule has 0 unspecified atom stereocenters. The minimum atomic E-state index is -0.0994. The van der Waals surface area contributed by atoms with E-state index in [9.17, 15) is 0 Å². The summed E-state index contributed by atoms with van der Waals surface area (Å²) in [6.45, 7) is 14.0. The first-order valence-electron chi connectivity index (χ1n) is 27.7. The predicted octanol–water partition coefficient (Wildman–Crippen LogP) is 23.7. The van der Waals surface area contributed by atoms with Gasteiger partial charge in [-0.05, 0) is 176 Å². The molecule has 11 aromatic carbocycles. The van der Waals surface area contributed by atoms with Crippen LogP contribution < -0.4 is 15.1 Å². The van der Waals surface area contributed by atoms with Crippen molar-refractivity contribution in [3.63, 3.8) is 0 Å². The van der Waals surface area contributed by atoms with Gasteiger partial charge in [0.1, 0.15) is 0 Å². The number of hydrogen-bond donors (Lipinski definition) is 1. The summed E-state index contributed by atoms with van der Waals surface area (Å²) in [6.07, 6.45) is 0. The van der Waals surface area contributed by atoms with Crippen LogP contribution in [0.4, 0.5) is 45.5 Å². The van der Waals surface area contributed by atoms with Gasteiger partial charge in [-0.3, -0.25) is 0 Å². The van der Waals surface area contributed by atoms with Gasteiger partial charge in [-0.15, -0.1) is 0 Å². The number of rotatable bonds is 8. The highest BCUT2D eigenvalue weighted by Crippen LogP contribution is 2.54. The monoisotopic (exact) mass is 1320 g/mol. The zero-order chi connectivity index (χ0) is 56.9. The zero-order valence-electron chi connectivity index (χ0n) is 46.7. The van der Waals surface area contributed by atoms with E-state index < -0.39 is 0 Å². The summed E-state index contributed by atoms with van der Waals surface area (Å²) < 4.78 is 4.23. The Bertz CT molecular complexity index is 3950. The van der Waals surface area contributed by atoms with Crippen LogP contribution in [0.25, 0.3) is 33.4 Å². The van der Waals surface area contributed by atoms with E-state index in [2.05, 4.69) is 351 Å². The molecule has 14 rings (SSSR count). The summed E-state index contributed by atoms with van der Waals surface area (Å²) in [7, 11) is 0. The average molecular weight is 1320 g/mol. The van der Waals surface area contributed by atoms with Crippen molar-refractivity contribution in [2.24, 2.45) is 0 Å². The summed E-state index contributed by atoms with van der Waals surface area (Å²) in [5.41, 5.74) is 25.1. The molecule has 82 heavy (non-hydrogen) atoms. The second kappa shape index (κ2) is 22.5. The first-order chi connectivity index (χ1) is 39.6. The van der Waals surface area contributed by atoms with E-state index in [4.69, 9.17) is 0 Å². The third-order valence-corrected chi connectivity index (χ3v) is 18.4. The summed E-state index contributed by atoms with van der Waals surface area (Å²) in [5, 5.41) is 3.50. The van der Waals surface area contributed by atoms with Gasteiger partial charge in [0.25, 0.3) is 0 Å². The molecule has 1 N–H and O–H groups in total. The van der Waals surface area contributed by atoms with Crippen LogP contribution in [-0.4, -0.2) is 0 Å². The van der Waals surface area contributed by atoms with Gasteiger partial charge in [0.05, 0.1) is 0 Å². The van der Waals surface area contributed by atoms with Crippen LogP contribution in [0.15, 0.2) is 273 Å². The minimum absolute atomic E-state index is 0.0559. The van der Waals surface area contributed by atoms with Crippen molar-refractivity contribution in [1.29, 1.82) is 0 Å². The third kappa shape index (κ3) is 10.5. The van der Waals surface area contributed by atoms with E-state index in [1.807, 2.05) is 24.3 Å². The van der Waals surface area contributed by atoms with Gasteiger partial charge < -0.3 is 15.1 Å². The van der Waals surface area contributed by atoms with E-state index in [0.717, 1.165) is 63.4 Å². The SMILES string of the molecule is Brc1cc(Br)cc(Br)c1.CC1(C)c2ccccc2-c2ccc(N(c3ccccc3)c3cc(Br)cc(N(c4ccccc4)c4ccc5c(c4)C(C)(C)c4ccccc4-5)c3)cc21.CC1(C)c2ccccc2-c2ccc(Nc3ccccc3)cc21. The molecule has 0 amide bonds. The lowest BCUT2D eigenvalue weighted by Crippen LogP contribution is -2.17. The summed E-state index contributed by atoms with van der Waals surface area (Å²) in [5.74, 6) is 0. The van der Waals surface area contributed by atoms with Crippen LogP contribution in [0.3, 0.4) is 0 Å². The second-order valence-corrected chi connectivity index (χ2v) is 26.5. The molecule has 3 aliphatic carbocycles. The molecule has 0 heterocycles. The Morgan fingerprint density at radius 2 is 0.561 bits per heavy atom. The molecule has 0 fully saturated rings. The predicted molar refractivity (Wildman–Crippen MR) is 362 cm³/mol. The molecular formula is C75H61Br4N3. The van der Waals surface area contributed by atoms with Crippen molar-refractivity contribution in [2.75, 3.05) is 15.1 Å². The molecule has 0 spiro atoms. The molecule has 0 atom stereocenters. The smallest absolute Gasteiger partial charge is 0.0493 e. The minimum Gasteiger partial charge on any atom is -0.356 e. The maximum atomic E-state index is 3.96. The van der Waals surface area contributed by atoms with E-state index >= 15 is 0 Å². The Morgan fingerprint density at radius 3 is 0.963 bits per heavy atom. The number of nitrogens with zero attached hydrogens (tertiary/aromatic N) is 2. The van der Waals surface area contributed by atoms with E-state index in [-0.39, 0.29) is 16.2 Å². The lowest BCUT2D eigenvalue weighted by atomic mass is 9.82. The Morgan fingerprint density at radius 1 is 0.244 bits per heavy atom. The van der Waals surface area contributed by atoms with Gasteiger partial charge in [-0.2, -0.15) is 0 Å². The second-order valence-electron chi connectivity index (χ2n) is 22.8. The summed E-state index contributed by atoms with van der Waals surface area (Å²) in [6, 6.07) is 91.6. The maximum absolute atomic E-state index is 3.96. The molecule has 0 saturated heterocycles. The molecule has 11 aromatic rings. The van der Waals surface area contributed by atoms with Crippen LogP contribution in [-0.2, 0) is 16.2 Å². The number of halogens is 4. The Hall–Kier alpha value is -7.26. The molecule has 3 nitrogen and oxygen atoms in total. The number of nitrogens with one attached hydrogen (secondary N) is 1. The van der Waals surface area contributed by atoms with Crippen molar-refractivity contribution in [3.05, 3.63) is 306 Å². The number of para-hydroxylation sites is 3. The van der Waals surface area contributed by atoms with Crippen molar-refractivity contribution in [1.82, 2.24) is 0 Å². The van der Waals surface area contributed by atoms with Crippen molar-refractivity contribution in [3.8, 4) is 33.4 Å². The quantitative estimate of drug-likeness (QED) is 0.164. The highest BCUT2D eigenvalue weighted by molar-refractivity contribution is 9.11. The van der Waals surface area contributed by atoms with E-state index in [1.54, 1.807) is 0 Å². The van der Waals surface area contributed by atoms with E-state index in [0.29, 0.717) is 0 Å². The van der Waals surface area contributed by atoms with Crippen LogP contribution >= 0.6 is 63.7 Å². The standard InChI is InChI=1S/C48H39BrN2.C21H19N.C6H3Br3/c1-47(2)43-21-13-11-19-39(43)41-25-23-35(30-45(41)47)50(33-15-7-5-8-16-33)37-27-32(49)28-38(29-37)51(34-17-9-6-10-18-34)36-24-26-42-40-20-12-14-22-44(40)48(3,4)46(42)31-36;1-21(2)19-11-7-6-10-17(19)18-13-12-16(14-20(18)21)22-15-8-4-3-5-9-15;7-4-1-5(8)3-6(9)2-4/h5-31H,1-4H3;3-14,22H,1-2H3;1-3H. The molecule has 0 saturated carbocycles. The number of fused-ring (bicyclic) bond motifs is 9. The van der Waals surface area contributed by atoms with Gasteiger partial charge in [-0.1, -0.05) is 251 Å². The fourth-order valence-electron chi connectivity index (χ4n) is 12.5. The highest BCUT2D eigenvalue weighted by Gasteiger charge is 2.38. The summed E-state index contributed by atoms with van der Waals surface area (Å²) in [4.78, 5) is 4.78. The summed E-state index contributed by atoms with van der Waals surface area (Å²) >= 11 is 14.0. The Balaban J connectivity index is 0.000000175. The van der Waals surface area contributed by atoms with Crippen LogP contribution in [0.5, 0.6) is 0 Å². The van der Waals surface area contributed by atoms with E-state index in [1.165, 1.54) is 66.8 Å². The van der Waals surface area contributed by atoms with Crippen LogP contribution in [0.2, 0.25) is 0 Å². The molecule has 0 aliphatic heterocycles. The maximum Gasteiger partial charge on any atom is 0.0493 e. The molecule has 0 radical (unpaired) electrons. The molecule has 3 aliphatic rings. The van der Waals surface area contributed by atoms with Gasteiger partial charge in [0.2, 0.25) is 0 Å². The number of benzene rings is 11. The zero-order valence-corrected chi connectivity index (χ0v) is 53.0. The van der Waals surface area contributed by atoms with Gasteiger partial charge >= 0.3 is 0 Å². The van der Waals surface area contributed by atoms with Crippen molar-refractivity contribution < 1.29 is 0 Å². The molecule has 7 heteroatoms. The molecule has 404 valence electrons. The first kappa shape index (κ1) is 55.3. The van der Waals surface area contributed by atoms with Crippen LogP contribution in [0.1, 0.15) is 74.9 Å². The fourth-order valence-corrected chi connectivity index (χ4v) is 15.4. The number of anilines is 8. The Labute approximate surface area is 517 Å². The Kier molecular flexibility index (Phi) is 15.2. The van der Waals surface area contributed by atoms with Crippen LogP contribution in [0, 0.1) is 0 Å². The van der Waals surface area contributed by atoms with Gasteiger partial charge in [0, 0.05) is 79.6 Å². The third-order valence-electron chi connectivity index (χ3n) is 16.5. The largest absolute Gasteiger partial charge is 0.356 e. The van der Waals surface area contributed by atoms with Gasteiger partial charge in [-0.25, -0.2) is 0 Å². The average Bonchev–Trinajstić information content (AvgIpc) is 2.75. The lowest BCUT2D eigenvalue weighted by molar-refractivity contribution is 0.660. The first-order valence-corrected chi connectivity index (χ1v) is 30.9. The normalized spacial score (nSPS) is 13.8.